The quantitative estimate of drug-likeness (QED) is 0.435. The summed E-state index contributed by atoms with van der Waals surface area (Å²) in [7, 11) is 0. The Labute approximate surface area is 83.7 Å². The van der Waals surface area contributed by atoms with Gasteiger partial charge in [0.05, 0.1) is 0 Å². The van der Waals surface area contributed by atoms with E-state index in [4.69, 9.17) is 0 Å². The Balaban J connectivity index is 0. The van der Waals surface area contributed by atoms with Crippen molar-refractivity contribution in [1.29, 1.82) is 0 Å². The van der Waals surface area contributed by atoms with E-state index in [0.717, 1.165) is 4.78 Å². The summed E-state index contributed by atoms with van der Waals surface area (Å²) >= 11 is -0.397. The molecule has 0 aromatic heterocycles. The summed E-state index contributed by atoms with van der Waals surface area (Å²) < 4.78 is 0.843. The number of hydrogen-bond acceptors (Lipinski definition) is 0. The first kappa shape index (κ1) is 13.3. The van der Waals surface area contributed by atoms with E-state index in [0.29, 0.717) is 0 Å². The van der Waals surface area contributed by atoms with Crippen LogP contribution in [-0.4, -0.2) is 14.1 Å². The van der Waals surface area contributed by atoms with E-state index in [2.05, 4.69) is 35.9 Å². The van der Waals surface area contributed by atoms with Crippen molar-refractivity contribution in [3.63, 3.8) is 0 Å². The van der Waals surface area contributed by atoms with Crippen LogP contribution < -0.4 is 0 Å². The summed E-state index contributed by atoms with van der Waals surface area (Å²) in [6.45, 7) is 0. The van der Waals surface area contributed by atoms with Gasteiger partial charge in [0, 0.05) is 21.7 Å². The predicted molar refractivity (Wildman–Crippen MR) is 45.9 cm³/mol. The molecule has 0 aromatic rings. The van der Waals surface area contributed by atoms with E-state index in [1.54, 1.807) is 0 Å². The minimum Gasteiger partial charge on any atom is -0.358 e. The first-order valence-corrected chi connectivity index (χ1v) is 6.13. The third kappa shape index (κ3) is 3.79. The van der Waals surface area contributed by atoms with E-state index >= 15 is 0 Å². The van der Waals surface area contributed by atoms with Crippen LogP contribution in [0, 0.1) is 7.43 Å². The van der Waals surface area contributed by atoms with Gasteiger partial charge in [0.2, 0.25) is 0 Å². The molecule has 0 spiro atoms. The standard InChI is InChI=1S/C5H5.3CH3.Al.Ti/c1-2-4-5-3-1;;;;;/h1-5H;3*1H3;;/q;;;-1;;. The summed E-state index contributed by atoms with van der Waals surface area (Å²) in [5.74, 6) is 4.76. The van der Waals surface area contributed by atoms with Crippen LogP contribution in [-0.2, 0) is 21.7 Å². The van der Waals surface area contributed by atoms with E-state index < -0.39 is 14.1 Å². The minimum atomic E-state index is -0.397. The fraction of sp³-hybridized carbons (Fsp3) is 0.375. The first-order valence-electron chi connectivity index (χ1n) is 3.15. The van der Waals surface area contributed by atoms with E-state index in [1.165, 1.54) is 0 Å². The molecule has 10 heavy (non-hydrogen) atoms. The molecular weight excluding hydrogens is 171 g/mol. The SMILES string of the molecule is [CH3-].[CH3][Al]([CH3])[CH]1C=CC=C1.[Ti]. The molecule has 0 aromatic carbocycles. The molecular formula is C8H14AlTi-. The molecule has 0 N–H and O–H groups in total. The molecule has 2 heteroatoms. The minimum absolute atomic E-state index is 0. The molecule has 0 radical (unpaired) electrons. The van der Waals surface area contributed by atoms with Gasteiger partial charge in [0.1, 0.15) is 0 Å². The van der Waals surface area contributed by atoms with Crippen molar-refractivity contribution in [3.05, 3.63) is 31.7 Å². The second kappa shape index (κ2) is 6.44. The fourth-order valence-electron chi connectivity index (χ4n) is 0.893. The number of allylic oxidation sites excluding steroid dienone is 4. The number of rotatable bonds is 1. The Morgan fingerprint density at radius 1 is 1.10 bits per heavy atom. The van der Waals surface area contributed by atoms with Gasteiger partial charge in [-0.15, -0.1) is 11.6 Å². The molecule has 0 unspecified atom stereocenters. The van der Waals surface area contributed by atoms with Gasteiger partial charge in [-0.1, -0.05) is 24.3 Å². The molecule has 1 aliphatic carbocycles. The van der Waals surface area contributed by atoms with Crippen LogP contribution in [0.25, 0.3) is 0 Å². The molecule has 54 valence electrons. The third-order valence-electron chi connectivity index (χ3n) is 1.55. The van der Waals surface area contributed by atoms with Crippen LogP contribution in [0.1, 0.15) is 0 Å². The summed E-state index contributed by atoms with van der Waals surface area (Å²) in [6, 6.07) is 0. The molecule has 1 rings (SSSR count). The van der Waals surface area contributed by atoms with E-state index in [1.807, 2.05) is 0 Å². The molecule has 0 atom stereocenters. The average molecular weight is 185 g/mol. The predicted octanol–water partition coefficient (Wildman–Crippen LogP) is 2.68. The Hall–Kier alpha value is 0.727. The van der Waals surface area contributed by atoms with Crippen molar-refractivity contribution in [3.8, 4) is 0 Å². The maximum absolute atomic E-state index is 2.38. The molecule has 0 saturated heterocycles. The van der Waals surface area contributed by atoms with Gasteiger partial charge in [0.15, 0.2) is 0 Å². The second-order valence-corrected chi connectivity index (χ2v) is 5.85. The largest absolute Gasteiger partial charge is 0.358 e. The Bertz CT molecular complexity index is 115. The molecule has 0 fully saturated rings. The molecule has 0 heterocycles. The van der Waals surface area contributed by atoms with Crippen molar-refractivity contribution in [2.75, 3.05) is 0 Å². The molecule has 1 aliphatic rings. The van der Waals surface area contributed by atoms with Crippen molar-refractivity contribution >= 4 is 14.1 Å². The summed E-state index contributed by atoms with van der Waals surface area (Å²) in [4.78, 5) is 0. The second-order valence-electron chi connectivity index (χ2n) is 2.59. The van der Waals surface area contributed by atoms with Crippen LogP contribution in [0.3, 0.4) is 0 Å². The van der Waals surface area contributed by atoms with Crippen molar-refractivity contribution < 1.29 is 21.7 Å². The Kier molecular flexibility index (Phi) is 8.58. The Morgan fingerprint density at radius 2 is 1.50 bits per heavy atom. The third-order valence-corrected chi connectivity index (χ3v) is 3.53. The molecule has 0 saturated carbocycles. The van der Waals surface area contributed by atoms with Gasteiger partial charge in [-0.3, -0.25) is 0 Å². The van der Waals surface area contributed by atoms with E-state index in [-0.39, 0.29) is 29.1 Å². The van der Waals surface area contributed by atoms with Crippen LogP contribution >= 0.6 is 0 Å². The van der Waals surface area contributed by atoms with Crippen molar-refractivity contribution in [1.82, 2.24) is 0 Å². The maximum atomic E-state index is 2.38. The van der Waals surface area contributed by atoms with Crippen LogP contribution in [0.2, 0.25) is 16.4 Å². The summed E-state index contributed by atoms with van der Waals surface area (Å²) in [6.07, 6.45) is 8.91. The molecule has 0 bridgehead atoms. The fourth-order valence-corrected chi connectivity index (χ4v) is 2.04. The molecule has 0 nitrogen and oxygen atoms in total. The smallest absolute Gasteiger partial charge is 0.269 e. The molecule has 0 aliphatic heterocycles. The Morgan fingerprint density at radius 3 is 1.70 bits per heavy atom. The van der Waals surface area contributed by atoms with Gasteiger partial charge >= 0.3 is 0 Å². The van der Waals surface area contributed by atoms with Crippen LogP contribution in [0.15, 0.2) is 24.3 Å². The maximum Gasteiger partial charge on any atom is 0.269 e. The van der Waals surface area contributed by atoms with Crippen molar-refractivity contribution in [2.45, 2.75) is 16.4 Å². The average Bonchev–Trinajstić information content (AvgIpc) is 2.12. The normalized spacial score (nSPS) is 14.2. The van der Waals surface area contributed by atoms with Crippen molar-refractivity contribution in [2.24, 2.45) is 0 Å². The summed E-state index contributed by atoms with van der Waals surface area (Å²) in [5.41, 5.74) is 0. The number of hydrogen-bond donors (Lipinski definition) is 0. The van der Waals surface area contributed by atoms with Gasteiger partial charge in [0.25, 0.3) is 14.1 Å². The van der Waals surface area contributed by atoms with Gasteiger partial charge in [-0.05, 0) is 4.78 Å². The zero-order valence-electron chi connectivity index (χ0n) is 6.96. The molecule has 0 amide bonds. The van der Waals surface area contributed by atoms with Gasteiger partial charge in [-0.2, -0.15) is 0 Å². The van der Waals surface area contributed by atoms with Crippen LogP contribution in [0.5, 0.6) is 0 Å². The van der Waals surface area contributed by atoms with Gasteiger partial charge in [-0.25, -0.2) is 0 Å². The zero-order chi connectivity index (χ0) is 5.98. The topological polar surface area (TPSA) is 0 Å². The van der Waals surface area contributed by atoms with E-state index in [9.17, 15) is 0 Å². The first-order chi connectivity index (χ1) is 3.80. The summed E-state index contributed by atoms with van der Waals surface area (Å²) in [5, 5.41) is 0. The van der Waals surface area contributed by atoms with Crippen LogP contribution in [0.4, 0.5) is 0 Å². The monoisotopic (exact) mass is 185 g/mol. The zero-order valence-corrected chi connectivity index (χ0v) is 9.68. The van der Waals surface area contributed by atoms with Gasteiger partial charge < -0.3 is 7.43 Å².